The molecule has 2 aromatic carbocycles. The van der Waals surface area contributed by atoms with E-state index in [0.717, 1.165) is 18.7 Å². The highest BCUT2D eigenvalue weighted by molar-refractivity contribution is 6.03. The van der Waals surface area contributed by atoms with Crippen LogP contribution in [0, 0.1) is 5.82 Å². The third-order valence-electron chi connectivity index (χ3n) is 4.28. The van der Waals surface area contributed by atoms with Gasteiger partial charge in [0.1, 0.15) is 11.5 Å². The van der Waals surface area contributed by atoms with Crippen molar-refractivity contribution in [2.24, 2.45) is 0 Å². The summed E-state index contributed by atoms with van der Waals surface area (Å²) in [6.07, 6.45) is 2.71. The third kappa shape index (κ3) is 3.08. The molecule has 0 atom stereocenters. The molecule has 0 saturated heterocycles. The molecule has 1 aliphatic rings. The first-order valence-electron chi connectivity index (χ1n) is 8.09. The van der Waals surface area contributed by atoms with Gasteiger partial charge in [0.2, 0.25) is 0 Å². The summed E-state index contributed by atoms with van der Waals surface area (Å²) < 4.78 is 12.9. The summed E-state index contributed by atoms with van der Waals surface area (Å²) in [5, 5.41) is 2.71. The summed E-state index contributed by atoms with van der Waals surface area (Å²) in [6, 6.07) is 17.5. The fraction of sp³-hybridized carbons (Fsp3) is 0.100. The van der Waals surface area contributed by atoms with Crippen LogP contribution in [0.3, 0.4) is 0 Å². The predicted octanol–water partition coefficient (Wildman–Crippen LogP) is 4.17. The van der Waals surface area contributed by atoms with Crippen molar-refractivity contribution in [2.45, 2.75) is 6.42 Å². The highest BCUT2D eigenvalue weighted by Crippen LogP contribution is 2.33. The highest BCUT2D eigenvalue weighted by Gasteiger charge is 2.20. The predicted molar refractivity (Wildman–Crippen MR) is 95.7 cm³/mol. The Kier molecular flexibility index (Phi) is 3.90. The van der Waals surface area contributed by atoms with Gasteiger partial charge in [-0.3, -0.25) is 4.79 Å². The molecular formula is C20H16FN3O. The molecule has 1 aromatic heterocycles. The number of para-hydroxylation sites is 1. The van der Waals surface area contributed by atoms with Crippen LogP contribution in [-0.4, -0.2) is 17.4 Å². The van der Waals surface area contributed by atoms with Gasteiger partial charge in [-0.2, -0.15) is 0 Å². The largest absolute Gasteiger partial charge is 0.340 e. The van der Waals surface area contributed by atoms with Crippen LogP contribution in [0.1, 0.15) is 16.1 Å². The second-order valence-electron chi connectivity index (χ2n) is 5.89. The number of halogens is 1. The maximum absolute atomic E-state index is 12.9. The first-order chi connectivity index (χ1) is 12.2. The lowest BCUT2D eigenvalue weighted by atomic mass is 10.2. The average molecular weight is 333 g/mol. The van der Waals surface area contributed by atoms with Crippen LogP contribution >= 0.6 is 0 Å². The van der Waals surface area contributed by atoms with Crippen molar-refractivity contribution in [3.8, 4) is 0 Å². The van der Waals surface area contributed by atoms with Crippen molar-refractivity contribution in [1.29, 1.82) is 0 Å². The summed E-state index contributed by atoms with van der Waals surface area (Å²) >= 11 is 0. The molecule has 25 heavy (non-hydrogen) atoms. The van der Waals surface area contributed by atoms with E-state index < -0.39 is 0 Å². The maximum Gasteiger partial charge on any atom is 0.274 e. The van der Waals surface area contributed by atoms with E-state index >= 15 is 0 Å². The van der Waals surface area contributed by atoms with Gasteiger partial charge in [0.15, 0.2) is 0 Å². The Morgan fingerprint density at radius 1 is 1.04 bits per heavy atom. The Balaban J connectivity index is 1.50. The summed E-state index contributed by atoms with van der Waals surface area (Å²) in [7, 11) is 0. The molecule has 4 rings (SSSR count). The lowest BCUT2D eigenvalue weighted by Crippen LogP contribution is -2.16. The van der Waals surface area contributed by atoms with Gasteiger partial charge in [0.05, 0.1) is 11.9 Å². The number of carbonyl (C=O) groups is 1. The molecule has 0 fully saturated rings. The van der Waals surface area contributed by atoms with E-state index in [0.29, 0.717) is 11.4 Å². The van der Waals surface area contributed by atoms with Gasteiger partial charge in [-0.25, -0.2) is 9.37 Å². The topological polar surface area (TPSA) is 45.2 Å². The first kappa shape index (κ1) is 15.3. The zero-order valence-electron chi connectivity index (χ0n) is 13.4. The fourth-order valence-corrected chi connectivity index (χ4v) is 3.01. The van der Waals surface area contributed by atoms with Crippen LogP contribution in [-0.2, 0) is 6.42 Å². The summed E-state index contributed by atoms with van der Waals surface area (Å²) in [5.41, 5.74) is 4.32. The molecule has 0 radical (unpaired) electrons. The van der Waals surface area contributed by atoms with E-state index in [4.69, 9.17) is 0 Å². The van der Waals surface area contributed by atoms with Crippen molar-refractivity contribution in [1.82, 2.24) is 4.98 Å². The molecule has 0 aliphatic carbocycles. The van der Waals surface area contributed by atoms with E-state index in [2.05, 4.69) is 27.3 Å². The normalized spacial score (nSPS) is 12.8. The van der Waals surface area contributed by atoms with E-state index in [1.54, 1.807) is 12.3 Å². The number of nitrogens with zero attached hydrogens (tertiary/aromatic N) is 2. The van der Waals surface area contributed by atoms with Crippen LogP contribution in [0.2, 0.25) is 0 Å². The van der Waals surface area contributed by atoms with Gasteiger partial charge in [-0.05, 0) is 54.4 Å². The molecular weight excluding hydrogens is 317 g/mol. The minimum absolute atomic E-state index is 0.319. The monoisotopic (exact) mass is 333 g/mol. The summed E-state index contributed by atoms with van der Waals surface area (Å²) in [5.74, 6) is -0.661. The van der Waals surface area contributed by atoms with Crippen LogP contribution in [0.25, 0.3) is 0 Å². The number of amides is 1. The SMILES string of the molecule is O=C(Nc1ccc(F)cc1)c1ccc(N2CCc3ccccc32)cn1. The minimum atomic E-state index is -0.341. The number of pyridine rings is 1. The van der Waals surface area contributed by atoms with Gasteiger partial charge < -0.3 is 10.2 Å². The van der Waals surface area contributed by atoms with Crippen molar-refractivity contribution >= 4 is 23.0 Å². The van der Waals surface area contributed by atoms with Crippen molar-refractivity contribution in [3.05, 3.63) is 83.9 Å². The Labute approximate surface area is 144 Å². The molecule has 4 nitrogen and oxygen atoms in total. The molecule has 0 unspecified atom stereocenters. The molecule has 0 saturated carbocycles. The van der Waals surface area contributed by atoms with Crippen LogP contribution in [0.4, 0.5) is 21.5 Å². The molecule has 1 amide bonds. The molecule has 0 spiro atoms. The van der Waals surface area contributed by atoms with Gasteiger partial charge in [-0.1, -0.05) is 18.2 Å². The first-order valence-corrected chi connectivity index (χ1v) is 8.09. The molecule has 2 heterocycles. The zero-order valence-corrected chi connectivity index (χ0v) is 13.4. The van der Waals surface area contributed by atoms with Crippen molar-refractivity contribution in [2.75, 3.05) is 16.8 Å². The van der Waals surface area contributed by atoms with E-state index in [1.807, 2.05) is 18.2 Å². The molecule has 0 bridgehead atoms. The number of nitrogens with one attached hydrogen (secondary N) is 1. The Morgan fingerprint density at radius 3 is 2.60 bits per heavy atom. The molecule has 3 aromatic rings. The number of hydrogen-bond acceptors (Lipinski definition) is 3. The number of aromatic nitrogens is 1. The average Bonchev–Trinajstić information content (AvgIpc) is 3.08. The standard InChI is InChI=1S/C20H16FN3O/c21-15-5-7-16(8-6-15)23-20(25)18-10-9-17(13-22-18)24-12-11-14-3-1-2-4-19(14)24/h1-10,13H,11-12H2,(H,23,25). The highest BCUT2D eigenvalue weighted by atomic mass is 19.1. The van der Waals surface area contributed by atoms with Gasteiger partial charge in [-0.15, -0.1) is 0 Å². The lowest BCUT2D eigenvalue weighted by molar-refractivity contribution is 0.102. The number of anilines is 3. The zero-order chi connectivity index (χ0) is 17.2. The fourth-order valence-electron chi connectivity index (χ4n) is 3.01. The second-order valence-corrected chi connectivity index (χ2v) is 5.89. The quantitative estimate of drug-likeness (QED) is 0.782. The van der Waals surface area contributed by atoms with E-state index in [1.165, 1.54) is 35.5 Å². The number of hydrogen-bond donors (Lipinski definition) is 1. The Bertz CT molecular complexity index is 907. The summed E-state index contributed by atoms with van der Waals surface area (Å²) in [4.78, 5) is 18.7. The number of fused-ring (bicyclic) bond motifs is 1. The van der Waals surface area contributed by atoms with Crippen LogP contribution in [0.5, 0.6) is 0 Å². The van der Waals surface area contributed by atoms with Crippen molar-refractivity contribution in [3.63, 3.8) is 0 Å². The second kappa shape index (κ2) is 6.36. The Hall–Kier alpha value is -3.21. The molecule has 1 N–H and O–H groups in total. The van der Waals surface area contributed by atoms with E-state index in [-0.39, 0.29) is 11.7 Å². The third-order valence-corrected chi connectivity index (χ3v) is 4.28. The number of carbonyl (C=O) groups excluding carboxylic acids is 1. The van der Waals surface area contributed by atoms with Gasteiger partial charge >= 0.3 is 0 Å². The van der Waals surface area contributed by atoms with Gasteiger partial charge in [0, 0.05) is 17.9 Å². The van der Waals surface area contributed by atoms with Crippen LogP contribution < -0.4 is 10.2 Å². The minimum Gasteiger partial charge on any atom is -0.340 e. The van der Waals surface area contributed by atoms with Crippen LogP contribution in [0.15, 0.2) is 66.9 Å². The number of rotatable bonds is 3. The lowest BCUT2D eigenvalue weighted by Gasteiger charge is -2.19. The van der Waals surface area contributed by atoms with Gasteiger partial charge in [0.25, 0.3) is 5.91 Å². The number of benzene rings is 2. The molecule has 1 aliphatic heterocycles. The molecule has 124 valence electrons. The van der Waals surface area contributed by atoms with E-state index in [9.17, 15) is 9.18 Å². The van der Waals surface area contributed by atoms with Crippen molar-refractivity contribution < 1.29 is 9.18 Å². The maximum atomic E-state index is 12.9. The smallest absolute Gasteiger partial charge is 0.274 e. The Morgan fingerprint density at radius 2 is 1.84 bits per heavy atom. The molecule has 5 heteroatoms. The summed E-state index contributed by atoms with van der Waals surface area (Å²) in [6.45, 7) is 0.905.